The second kappa shape index (κ2) is 16.4. The van der Waals surface area contributed by atoms with Crippen molar-refractivity contribution in [1.82, 2.24) is 0 Å². The summed E-state index contributed by atoms with van der Waals surface area (Å²) in [6.07, 6.45) is 0. The van der Waals surface area contributed by atoms with Crippen molar-refractivity contribution < 1.29 is 19.8 Å². The third-order valence-electron chi connectivity index (χ3n) is 0. The molecular weight excluding hydrogens is 345 g/mol. The number of carbonyl (C=O) groups excluding carboxylic acids is 2. The zero-order chi connectivity index (χ0) is 9.86. The number of carbonyl (C=O) groups is 2. The fourth-order valence-corrected chi connectivity index (χ4v) is 0. The van der Waals surface area contributed by atoms with Gasteiger partial charge < -0.3 is 19.8 Å². The van der Waals surface area contributed by atoms with Gasteiger partial charge in [-0.05, 0) is 13.8 Å². The summed E-state index contributed by atoms with van der Waals surface area (Å²) in [7, 11) is 0. The minimum atomic E-state index is -1.08. The molecule has 0 spiro atoms. The van der Waals surface area contributed by atoms with Crippen LogP contribution in [-0.2, 0) is 9.59 Å². The molecule has 0 bridgehead atoms. The van der Waals surface area contributed by atoms with Crippen molar-refractivity contribution >= 4 is 36.7 Å². The van der Waals surface area contributed by atoms with Crippen LogP contribution in [0, 0.1) is 0 Å². The summed E-state index contributed by atoms with van der Waals surface area (Å²) in [6.45, 7) is 4.12. The van der Waals surface area contributed by atoms with E-state index in [1.165, 1.54) is 28.8 Å². The van der Waals surface area contributed by atoms with Crippen LogP contribution in [0.4, 0.5) is 0 Å². The van der Waals surface area contributed by atoms with Gasteiger partial charge in [0.05, 0.1) is 0 Å². The molecule has 0 aliphatic rings. The van der Waals surface area contributed by atoms with E-state index in [1.54, 1.807) is 0 Å². The Labute approximate surface area is 81.5 Å². The maximum atomic E-state index is 8.89. The zero-order valence-electron chi connectivity index (χ0n) is 6.79. The summed E-state index contributed by atoms with van der Waals surface area (Å²) >= 11 is 1.52. The number of aliphatic carboxylic acids is 2. The first-order valence-corrected chi connectivity index (χ1v) is 5.30. The Morgan fingerprint density at radius 3 is 1.18 bits per heavy atom. The molecule has 0 aromatic carbocycles. The maximum absolute atomic E-state index is 8.89. The molecule has 0 aliphatic carbocycles. The Bertz CT molecular complexity index is 82.8. The Morgan fingerprint density at radius 2 is 1.18 bits per heavy atom. The molecule has 0 amide bonds. The molecule has 4 nitrogen and oxygen atoms in total. The van der Waals surface area contributed by atoms with E-state index >= 15 is 0 Å². The number of hydrogen-bond donors (Lipinski definition) is 0. The molecule has 0 atom stereocenters. The Kier molecular flexibility index (Phi) is 25.5. The van der Waals surface area contributed by atoms with Gasteiger partial charge in [-0.15, -0.1) is 0 Å². The van der Waals surface area contributed by atoms with E-state index in [9.17, 15) is 0 Å². The fourth-order valence-electron chi connectivity index (χ4n) is 0. The van der Waals surface area contributed by atoms with Gasteiger partial charge in [-0.2, -0.15) is 0 Å². The molecule has 0 aliphatic heterocycles. The summed E-state index contributed by atoms with van der Waals surface area (Å²) in [4.78, 5) is 17.8. The van der Waals surface area contributed by atoms with Crippen LogP contribution < -0.4 is 10.2 Å². The van der Waals surface area contributed by atoms with Gasteiger partial charge in [-0.1, -0.05) is 0 Å². The fraction of sp³-hybridized carbons (Fsp3) is 0.667. The first-order chi connectivity index (χ1) is 4.88. The van der Waals surface area contributed by atoms with Gasteiger partial charge in [0.2, 0.25) is 0 Å². The van der Waals surface area contributed by atoms with Crippen molar-refractivity contribution in [2.24, 2.45) is 0 Å². The van der Waals surface area contributed by atoms with Gasteiger partial charge in [-0.3, -0.25) is 0 Å². The average Bonchev–Trinajstić information content (AvgIpc) is 1.60. The normalized spacial score (nSPS) is 6.09. The van der Waals surface area contributed by atoms with Gasteiger partial charge in [-0.25, -0.2) is 0 Å². The van der Waals surface area contributed by atoms with E-state index in [-0.39, 0.29) is 0 Å². The number of carboxylic acids is 2. The van der Waals surface area contributed by atoms with Crippen molar-refractivity contribution in [3.05, 3.63) is 0 Å². The molecule has 0 unspecified atom stereocenters. The van der Waals surface area contributed by atoms with Crippen molar-refractivity contribution in [2.75, 3.05) is 0 Å². The van der Waals surface area contributed by atoms with Gasteiger partial charge in [0.25, 0.3) is 0 Å². The van der Waals surface area contributed by atoms with Crippen LogP contribution in [-0.4, -0.2) is 36.7 Å². The number of carboxylic acid groups (broad SMARTS) is 2. The summed E-state index contributed by atoms with van der Waals surface area (Å²) in [5.74, 6) is -2.17. The van der Waals surface area contributed by atoms with Crippen LogP contribution in [0.5, 0.6) is 0 Å². The molecule has 0 saturated heterocycles. The summed E-state index contributed by atoms with van der Waals surface area (Å²) in [5.41, 5.74) is 0. The molecule has 11 heavy (non-hydrogen) atoms. The summed E-state index contributed by atoms with van der Waals surface area (Å²) in [6, 6.07) is 0. The van der Waals surface area contributed by atoms with E-state index in [4.69, 9.17) is 19.8 Å². The zero-order valence-corrected chi connectivity index (χ0v) is 10.3. The van der Waals surface area contributed by atoms with Crippen LogP contribution in [0.25, 0.3) is 0 Å². The van der Waals surface area contributed by atoms with Gasteiger partial charge >= 0.3 is 35.8 Å². The van der Waals surface area contributed by atoms with E-state index in [1.807, 2.05) is 0 Å². The van der Waals surface area contributed by atoms with Crippen molar-refractivity contribution in [1.29, 1.82) is 0 Å². The topological polar surface area (TPSA) is 80.3 Å². The number of rotatable bonds is 0. The second-order valence-electron chi connectivity index (χ2n) is 1.30. The van der Waals surface area contributed by atoms with Crippen LogP contribution in [0.1, 0.15) is 20.8 Å². The van der Waals surface area contributed by atoms with Crippen LogP contribution in [0.3, 0.4) is 0 Å². The molecular formula is C6H11BiO4. The molecule has 0 rings (SSSR count). The van der Waals surface area contributed by atoms with E-state index in [2.05, 4.69) is 6.92 Å². The third-order valence-corrected chi connectivity index (χ3v) is 0. The number of hydrogen-bond acceptors (Lipinski definition) is 4. The quantitative estimate of drug-likeness (QED) is 0.475. The molecule has 0 heterocycles. The van der Waals surface area contributed by atoms with Crippen LogP contribution in [0.2, 0.25) is 4.13 Å². The van der Waals surface area contributed by atoms with E-state index < -0.39 is 11.9 Å². The van der Waals surface area contributed by atoms with Gasteiger partial charge in [0, 0.05) is 11.9 Å². The molecule has 5 heteroatoms. The summed E-state index contributed by atoms with van der Waals surface area (Å²) in [5, 5.41) is 17.8. The molecule has 0 fully saturated rings. The Hall–Kier alpha value is -0.177. The minimum absolute atomic E-state index is 0.972. The molecule has 0 aromatic heterocycles. The van der Waals surface area contributed by atoms with Crippen LogP contribution >= 0.6 is 0 Å². The van der Waals surface area contributed by atoms with Gasteiger partial charge in [0.15, 0.2) is 0 Å². The van der Waals surface area contributed by atoms with Crippen molar-refractivity contribution in [2.45, 2.75) is 24.9 Å². The average molecular weight is 356 g/mol. The summed E-state index contributed by atoms with van der Waals surface area (Å²) < 4.78 is 1.36. The van der Waals surface area contributed by atoms with E-state index in [0.29, 0.717) is 0 Å². The van der Waals surface area contributed by atoms with Gasteiger partial charge in [0.1, 0.15) is 0 Å². The van der Waals surface area contributed by atoms with Crippen molar-refractivity contribution in [3.8, 4) is 0 Å². The molecule has 0 N–H and O–H groups in total. The first-order valence-electron chi connectivity index (χ1n) is 2.84. The molecule has 0 aromatic rings. The third kappa shape index (κ3) is 19200. The Balaban J connectivity index is -0.0000000886. The standard InChI is InChI=1S/2C2H4O2.C2H5.Bi/c2*1-2(3)4;1-2;/h2*1H3,(H,3,4);1H2,2H3;/q;;;+2/p-2. The predicted molar refractivity (Wildman–Crippen MR) is 37.6 cm³/mol. The monoisotopic (exact) mass is 356 g/mol. The molecule has 2 radical (unpaired) electrons. The first kappa shape index (κ1) is 17.1. The van der Waals surface area contributed by atoms with Crippen LogP contribution in [0.15, 0.2) is 0 Å². The SMILES string of the molecule is CC(=O)[O-].CC(=O)[O-].C[CH2][Bi+2]. The second-order valence-corrected chi connectivity index (χ2v) is 3.76. The Morgan fingerprint density at radius 1 is 1.18 bits per heavy atom. The molecule has 64 valence electrons. The van der Waals surface area contributed by atoms with E-state index in [0.717, 1.165) is 13.8 Å². The molecule has 0 saturated carbocycles. The van der Waals surface area contributed by atoms with Crippen molar-refractivity contribution in [3.63, 3.8) is 0 Å². The predicted octanol–water partition coefficient (Wildman–Crippen LogP) is -1.89.